The van der Waals surface area contributed by atoms with E-state index in [1.165, 1.54) is 0 Å². The molecule has 0 aromatic rings. The third kappa shape index (κ3) is 11.5. The summed E-state index contributed by atoms with van der Waals surface area (Å²) in [5.41, 5.74) is 4.57. The van der Waals surface area contributed by atoms with Crippen LogP contribution in [0.25, 0.3) is 0 Å². The Hall–Kier alpha value is -1.32. The minimum absolute atomic E-state index is 0.257. The predicted octanol–water partition coefficient (Wildman–Crippen LogP) is 0.775. The lowest BCUT2D eigenvalue weighted by Gasteiger charge is -2.10. The van der Waals surface area contributed by atoms with Crippen LogP contribution in [0.15, 0.2) is 12.7 Å². The normalized spacial score (nSPS) is 9.25. The summed E-state index contributed by atoms with van der Waals surface area (Å²) in [6.45, 7) is 8.32. The summed E-state index contributed by atoms with van der Waals surface area (Å²) in [6, 6.07) is 0. The van der Waals surface area contributed by atoms with E-state index in [0.29, 0.717) is 0 Å². The van der Waals surface area contributed by atoms with Gasteiger partial charge in [-0.3, -0.25) is 4.79 Å². The molecule has 4 nitrogen and oxygen atoms in total. The molecule has 0 aromatic heterocycles. The van der Waals surface area contributed by atoms with E-state index in [-0.39, 0.29) is 11.3 Å². The second-order valence-corrected chi connectivity index (χ2v) is 3.16. The lowest BCUT2D eigenvalue weighted by Crippen LogP contribution is -2.27. The quantitative estimate of drug-likeness (QED) is 0.575. The van der Waals surface area contributed by atoms with E-state index in [9.17, 15) is 9.59 Å². The SMILES string of the molecule is C=CC(=O)O.CC(C)(C)C(N)=O. The van der Waals surface area contributed by atoms with Gasteiger partial charge in [-0.15, -0.1) is 0 Å². The van der Waals surface area contributed by atoms with Crippen molar-refractivity contribution in [1.29, 1.82) is 0 Å². The fourth-order valence-electron chi connectivity index (χ4n) is 0. The zero-order chi connectivity index (χ0) is 10.4. The van der Waals surface area contributed by atoms with E-state index in [1.54, 1.807) is 20.8 Å². The Labute approximate surface area is 72.1 Å². The highest BCUT2D eigenvalue weighted by Crippen LogP contribution is 2.09. The molecule has 0 radical (unpaired) electrons. The maximum atomic E-state index is 10.2. The van der Waals surface area contributed by atoms with Crippen LogP contribution in [0.5, 0.6) is 0 Å². The van der Waals surface area contributed by atoms with E-state index < -0.39 is 5.97 Å². The average molecular weight is 173 g/mol. The van der Waals surface area contributed by atoms with Crippen molar-refractivity contribution in [2.24, 2.45) is 11.1 Å². The van der Waals surface area contributed by atoms with E-state index in [0.717, 1.165) is 6.08 Å². The molecular weight excluding hydrogens is 158 g/mol. The van der Waals surface area contributed by atoms with E-state index in [4.69, 9.17) is 10.8 Å². The van der Waals surface area contributed by atoms with Gasteiger partial charge in [0.15, 0.2) is 0 Å². The van der Waals surface area contributed by atoms with Crippen molar-refractivity contribution in [3.05, 3.63) is 12.7 Å². The fraction of sp³-hybridized carbons (Fsp3) is 0.500. The Morgan fingerprint density at radius 2 is 1.58 bits per heavy atom. The van der Waals surface area contributed by atoms with Crippen molar-refractivity contribution in [3.63, 3.8) is 0 Å². The van der Waals surface area contributed by atoms with Gasteiger partial charge in [-0.2, -0.15) is 0 Å². The largest absolute Gasteiger partial charge is 0.478 e. The van der Waals surface area contributed by atoms with Gasteiger partial charge in [0.1, 0.15) is 0 Å². The first-order valence-corrected chi connectivity index (χ1v) is 3.37. The summed E-state index contributed by atoms with van der Waals surface area (Å²) in [4.78, 5) is 19.5. The van der Waals surface area contributed by atoms with Crippen LogP contribution in [0, 0.1) is 5.41 Å². The molecule has 0 saturated carbocycles. The second kappa shape index (κ2) is 5.35. The van der Waals surface area contributed by atoms with Crippen LogP contribution < -0.4 is 5.73 Å². The van der Waals surface area contributed by atoms with Crippen LogP contribution in [0.2, 0.25) is 0 Å². The van der Waals surface area contributed by atoms with Gasteiger partial charge in [0.2, 0.25) is 5.91 Å². The zero-order valence-corrected chi connectivity index (χ0v) is 7.63. The average Bonchev–Trinajstić information content (AvgIpc) is 1.87. The molecule has 70 valence electrons. The molecule has 0 spiro atoms. The number of primary amides is 1. The first-order chi connectivity index (χ1) is 5.21. The molecule has 12 heavy (non-hydrogen) atoms. The summed E-state index contributed by atoms with van der Waals surface area (Å²) in [5, 5.41) is 7.60. The molecule has 0 saturated heterocycles. The Kier molecular flexibility index (Phi) is 5.92. The van der Waals surface area contributed by atoms with Crippen LogP contribution in [-0.4, -0.2) is 17.0 Å². The van der Waals surface area contributed by atoms with Gasteiger partial charge in [-0.05, 0) is 0 Å². The highest BCUT2D eigenvalue weighted by molar-refractivity contribution is 5.79. The molecule has 0 rings (SSSR count). The third-order valence-corrected chi connectivity index (χ3v) is 0.914. The van der Waals surface area contributed by atoms with Crippen molar-refractivity contribution < 1.29 is 14.7 Å². The summed E-state index contributed by atoms with van der Waals surface area (Å²) in [7, 11) is 0. The topological polar surface area (TPSA) is 80.4 Å². The van der Waals surface area contributed by atoms with Crippen molar-refractivity contribution >= 4 is 11.9 Å². The predicted molar refractivity (Wildman–Crippen MR) is 46.5 cm³/mol. The monoisotopic (exact) mass is 173 g/mol. The number of carbonyl (C=O) groups excluding carboxylic acids is 1. The van der Waals surface area contributed by atoms with Gasteiger partial charge >= 0.3 is 5.97 Å². The first-order valence-electron chi connectivity index (χ1n) is 3.37. The van der Waals surface area contributed by atoms with Gasteiger partial charge in [0, 0.05) is 11.5 Å². The van der Waals surface area contributed by atoms with Crippen LogP contribution in [-0.2, 0) is 9.59 Å². The molecule has 0 fully saturated rings. The smallest absolute Gasteiger partial charge is 0.327 e. The number of hydrogen-bond donors (Lipinski definition) is 2. The molecule has 0 unspecified atom stereocenters. The molecule has 1 amide bonds. The van der Waals surface area contributed by atoms with Crippen LogP contribution >= 0.6 is 0 Å². The van der Waals surface area contributed by atoms with E-state index >= 15 is 0 Å². The minimum Gasteiger partial charge on any atom is -0.478 e. The lowest BCUT2D eigenvalue weighted by molar-refractivity contribution is -0.131. The van der Waals surface area contributed by atoms with Crippen molar-refractivity contribution in [2.45, 2.75) is 20.8 Å². The number of rotatable bonds is 1. The molecule has 0 heterocycles. The van der Waals surface area contributed by atoms with Gasteiger partial charge in [-0.1, -0.05) is 27.4 Å². The zero-order valence-electron chi connectivity index (χ0n) is 7.63. The Morgan fingerprint density at radius 3 is 1.58 bits per heavy atom. The third-order valence-electron chi connectivity index (χ3n) is 0.914. The highest BCUT2D eigenvalue weighted by Gasteiger charge is 2.16. The van der Waals surface area contributed by atoms with Crippen molar-refractivity contribution in [1.82, 2.24) is 0 Å². The Balaban J connectivity index is 0. The Bertz CT molecular complexity index is 179. The standard InChI is InChI=1S/C5H11NO.C3H4O2/c1-5(2,3)4(6)7;1-2-3(4)5/h1-3H3,(H2,6,7);2H,1H2,(H,4,5). The van der Waals surface area contributed by atoms with Crippen molar-refractivity contribution in [2.75, 3.05) is 0 Å². The van der Waals surface area contributed by atoms with Crippen LogP contribution in [0.1, 0.15) is 20.8 Å². The van der Waals surface area contributed by atoms with Gasteiger partial charge < -0.3 is 10.8 Å². The summed E-state index contributed by atoms with van der Waals surface area (Å²) in [5.74, 6) is -1.24. The number of carboxylic acids is 1. The summed E-state index contributed by atoms with van der Waals surface area (Å²) >= 11 is 0. The second-order valence-electron chi connectivity index (χ2n) is 3.16. The van der Waals surface area contributed by atoms with E-state index in [1.807, 2.05) is 0 Å². The molecule has 3 N–H and O–H groups in total. The van der Waals surface area contributed by atoms with Crippen LogP contribution in [0.4, 0.5) is 0 Å². The highest BCUT2D eigenvalue weighted by atomic mass is 16.4. The molecule has 4 heteroatoms. The summed E-state index contributed by atoms with van der Waals surface area (Å²) in [6.07, 6.45) is 0.833. The molecule has 0 atom stereocenters. The number of hydrogen-bond acceptors (Lipinski definition) is 2. The number of carbonyl (C=O) groups is 2. The van der Waals surface area contributed by atoms with Gasteiger partial charge in [0.25, 0.3) is 0 Å². The number of carboxylic acid groups (broad SMARTS) is 1. The molecule has 0 aliphatic carbocycles. The maximum Gasteiger partial charge on any atom is 0.327 e. The van der Waals surface area contributed by atoms with Gasteiger partial charge in [0.05, 0.1) is 0 Å². The number of amides is 1. The van der Waals surface area contributed by atoms with E-state index in [2.05, 4.69) is 6.58 Å². The molecule has 0 aliphatic heterocycles. The Morgan fingerprint density at radius 1 is 1.42 bits per heavy atom. The van der Waals surface area contributed by atoms with Crippen LogP contribution in [0.3, 0.4) is 0 Å². The maximum absolute atomic E-state index is 10.2. The molecule has 0 bridgehead atoms. The first kappa shape index (κ1) is 13.3. The van der Waals surface area contributed by atoms with Crippen molar-refractivity contribution in [3.8, 4) is 0 Å². The van der Waals surface area contributed by atoms with Gasteiger partial charge in [-0.25, -0.2) is 4.79 Å². The summed E-state index contributed by atoms with van der Waals surface area (Å²) < 4.78 is 0. The fourth-order valence-corrected chi connectivity index (χ4v) is 0. The molecular formula is C8H15NO3. The number of aliphatic carboxylic acids is 1. The lowest BCUT2D eigenvalue weighted by atomic mass is 9.96. The minimum atomic E-state index is -0.981. The molecule has 0 aromatic carbocycles. The molecule has 0 aliphatic rings. The number of nitrogens with two attached hydrogens (primary N) is 1.